The van der Waals surface area contributed by atoms with Crippen LogP contribution in [0.15, 0.2) is 30.3 Å². The minimum absolute atomic E-state index is 0.0337. The molecule has 4 atom stereocenters. The van der Waals surface area contributed by atoms with Gasteiger partial charge >= 0.3 is 12.2 Å². The van der Waals surface area contributed by atoms with Crippen LogP contribution in [0, 0.1) is 12.8 Å². The molecule has 4 aromatic rings. The van der Waals surface area contributed by atoms with Crippen LogP contribution in [0.2, 0.25) is 0 Å². The highest BCUT2D eigenvalue weighted by Crippen LogP contribution is 2.41. The largest absolute Gasteiger partial charge is 0.482 e. The van der Waals surface area contributed by atoms with E-state index in [0.717, 1.165) is 60.3 Å². The molecular weight excluding hydrogens is 674 g/mol. The zero-order valence-electron chi connectivity index (χ0n) is 30.0. The maximum absolute atomic E-state index is 14.2. The van der Waals surface area contributed by atoms with Crippen molar-refractivity contribution in [2.24, 2.45) is 5.92 Å². The summed E-state index contributed by atoms with van der Waals surface area (Å²) in [5.41, 5.74) is 4.59. The second kappa shape index (κ2) is 13.6. The van der Waals surface area contributed by atoms with Crippen molar-refractivity contribution in [2.45, 2.75) is 103 Å². The molecule has 1 aliphatic carbocycles. The molecule has 2 saturated heterocycles. The lowest BCUT2D eigenvalue weighted by Gasteiger charge is -2.27. The average molecular weight is 720 g/mol. The molecule has 2 aliphatic heterocycles. The number of rotatable bonds is 10. The zero-order chi connectivity index (χ0) is 36.2. The second-order valence-corrected chi connectivity index (χ2v) is 15.3. The van der Waals surface area contributed by atoms with E-state index in [4.69, 9.17) is 35.8 Å². The molecule has 2 bridgehead atoms. The summed E-state index contributed by atoms with van der Waals surface area (Å²) >= 11 is 5.66. The number of carbonyl (C=O) groups excluding carboxylic acids is 3. The van der Waals surface area contributed by atoms with E-state index in [2.05, 4.69) is 21.3 Å². The predicted octanol–water partition coefficient (Wildman–Crippen LogP) is 6.37. The summed E-state index contributed by atoms with van der Waals surface area (Å²) in [6.07, 6.45) is 3.70. The van der Waals surface area contributed by atoms with Crippen molar-refractivity contribution in [1.82, 2.24) is 34.5 Å². The van der Waals surface area contributed by atoms with E-state index in [9.17, 15) is 14.4 Å². The van der Waals surface area contributed by atoms with Gasteiger partial charge in [-0.25, -0.2) is 19.6 Å². The second-order valence-electron chi connectivity index (χ2n) is 14.9. The quantitative estimate of drug-likeness (QED) is 0.180. The Labute approximate surface area is 302 Å². The van der Waals surface area contributed by atoms with Crippen molar-refractivity contribution in [3.63, 3.8) is 0 Å². The number of aryl methyl sites for hydroxylation is 1. The van der Waals surface area contributed by atoms with Crippen molar-refractivity contribution in [1.29, 1.82) is 0 Å². The molecule has 3 amide bonds. The normalized spacial score (nSPS) is 20.5. The van der Waals surface area contributed by atoms with Gasteiger partial charge in [-0.3, -0.25) is 9.20 Å². The molecule has 6 heterocycles. The highest BCUT2D eigenvalue weighted by atomic mass is 35.5. The zero-order valence-corrected chi connectivity index (χ0v) is 30.7. The van der Waals surface area contributed by atoms with Gasteiger partial charge in [0.05, 0.1) is 48.2 Å². The first kappa shape index (κ1) is 34.9. The van der Waals surface area contributed by atoms with Gasteiger partial charge in [0, 0.05) is 29.6 Å². The molecule has 272 valence electrons. The Morgan fingerprint density at radius 1 is 1.06 bits per heavy atom. The van der Waals surface area contributed by atoms with Crippen LogP contribution in [-0.2, 0) is 16.0 Å². The molecule has 0 unspecified atom stereocenters. The molecule has 0 aromatic carbocycles. The number of amides is 3. The monoisotopic (exact) mass is 719 g/mol. The van der Waals surface area contributed by atoms with Crippen LogP contribution in [0.1, 0.15) is 87.6 Å². The maximum atomic E-state index is 14.2. The third-order valence-electron chi connectivity index (χ3n) is 10.1. The first-order valence-corrected chi connectivity index (χ1v) is 18.3. The molecule has 0 spiro atoms. The van der Waals surface area contributed by atoms with Crippen LogP contribution < -0.4 is 15.4 Å². The number of ether oxygens (including phenoxy) is 3. The number of pyridine rings is 2. The fourth-order valence-electron chi connectivity index (χ4n) is 7.61. The van der Waals surface area contributed by atoms with Gasteiger partial charge in [-0.1, -0.05) is 0 Å². The Morgan fingerprint density at radius 2 is 1.84 bits per heavy atom. The van der Waals surface area contributed by atoms with Gasteiger partial charge in [-0.2, -0.15) is 0 Å². The first-order valence-electron chi connectivity index (χ1n) is 17.7. The van der Waals surface area contributed by atoms with E-state index in [-0.39, 0.29) is 42.6 Å². The molecule has 7 rings (SSSR count). The lowest BCUT2D eigenvalue weighted by molar-refractivity contribution is 0.0484. The summed E-state index contributed by atoms with van der Waals surface area (Å²) in [4.78, 5) is 51.0. The summed E-state index contributed by atoms with van der Waals surface area (Å²) in [6, 6.07) is 9.02. The molecule has 3 aliphatic rings. The van der Waals surface area contributed by atoms with E-state index in [1.54, 1.807) is 13.2 Å². The van der Waals surface area contributed by atoms with E-state index in [1.165, 1.54) is 0 Å². The number of carbonyl (C=O) groups is 3. The number of alkyl carbamates (subject to hydrolysis) is 2. The molecule has 4 aromatic heterocycles. The van der Waals surface area contributed by atoms with Crippen LogP contribution in [0.3, 0.4) is 0 Å². The Hall–Kier alpha value is -4.52. The molecule has 0 radical (unpaired) electrons. The van der Waals surface area contributed by atoms with Crippen molar-refractivity contribution >= 4 is 46.4 Å². The van der Waals surface area contributed by atoms with E-state index >= 15 is 0 Å². The van der Waals surface area contributed by atoms with E-state index < -0.39 is 17.8 Å². The average Bonchev–Trinajstić information content (AvgIpc) is 3.39. The first-order chi connectivity index (χ1) is 24.3. The van der Waals surface area contributed by atoms with Crippen LogP contribution in [0.4, 0.5) is 9.59 Å². The lowest BCUT2D eigenvalue weighted by Crippen LogP contribution is -2.46. The number of hydrogen-bond donors (Lipinski definition) is 2. The molecule has 1 saturated carbocycles. The van der Waals surface area contributed by atoms with E-state index in [0.29, 0.717) is 35.1 Å². The predicted molar refractivity (Wildman–Crippen MR) is 192 cm³/mol. The number of halogens is 1. The topological polar surface area (TPSA) is 141 Å². The number of nitrogens with zero attached hydrogens (tertiary/aromatic N) is 5. The fourth-order valence-corrected chi connectivity index (χ4v) is 7.68. The molecule has 14 heteroatoms. The van der Waals surface area contributed by atoms with Crippen LogP contribution in [0.25, 0.3) is 28.1 Å². The highest BCUT2D eigenvalue weighted by molar-refractivity contribution is 6.18. The van der Waals surface area contributed by atoms with Crippen LogP contribution >= 0.6 is 11.6 Å². The standard InChI is InChI=1S/C37H46ClN7O6/c1-20(39-35(47)50-14-13-38)26-11-9-23-15-29(43(33(23)40-26)19-22-7-8-22)32-21(2)44-30(42-32)16-24(17-31(44)49-6)34(46)45-25-10-12-28(45)27(18-25)41-36(48)51-37(3,4)5/h9,11,15-17,20,22,25,27-28H,7-8,10,12-14,18-19H2,1-6H3,(H,39,47)(H,41,48)/t20-,25+,27-,28-/m1/s1. The number of aromatic nitrogens is 4. The number of alkyl halides is 1. The number of imidazole rings is 1. The summed E-state index contributed by atoms with van der Waals surface area (Å²) in [5.74, 6) is 1.18. The van der Waals surface area contributed by atoms with Crippen molar-refractivity contribution in [3.8, 4) is 17.3 Å². The molecule has 13 nitrogen and oxygen atoms in total. The van der Waals surface area contributed by atoms with Gasteiger partial charge in [0.1, 0.15) is 29.2 Å². The molecule has 3 fully saturated rings. The lowest BCUT2D eigenvalue weighted by atomic mass is 9.96. The van der Waals surface area contributed by atoms with Crippen molar-refractivity contribution < 1.29 is 28.6 Å². The minimum Gasteiger partial charge on any atom is -0.482 e. The fraction of sp³-hybridized carbons (Fsp3) is 0.541. The number of fused-ring (bicyclic) bond motifs is 4. The Bertz CT molecular complexity index is 2000. The number of nitrogens with one attached hydrogen (secondary N) is 2. The maximum Gasteiger partial charge on any atom is 0.407 e. The number of methoxy groups -OCH3 is 1. The summed E-state index contributed by atoms with van der Waals surface area (Å²) in [7, 11) is 1.60. The van der Waals surface area contributed by atoms with Crippen molar-refractivity contribution in [2.75, 3.05) is 19.6 Å². The smallest absolute Gasteiger partial charge is 0.407 e. The summed E-state index contributed by atoms with van der Waals surface area (Å²) in [6.45, 7) is 10.3. The van der Waals surface area contributed by atoms with E-state index in [1.807, 2.05) is 62.1 Å². The van der Waals surface area contributed by atoms with Gasteiger partial charge in [0.15, 0.2) is 5.88 Å². The third kappa shape index (κ3) is 6.92. The Kier molecular flexibility index (Phi) is 9.28. The Balaban J connectivity index is 1.20. The van der Waals surface area contributed by atoms with Gasteiger partial charge in [-0.05, 0) is 96.9 Å². The van der Waals surface area contributed by atoms with Crippen LogP contribution in [-0.4, -0.2) is 85.3 Å². The molecule has 51 heavy (non-hydrogen) atoms. The summed E-state index contributed by atoms with van der Waals surface area (Å²) < 4.78 is 20.6. The minimum atomic E-state index is -0.603. The highest BCUT2D eigenvalue weighted by Gasteiger charge is 2.49. The van der Waals surface area contributed by atoms with Crippen LogP contribution in [0.5, 0.6) is 5.88 Å². The summed E-state index contributed by atoms with van der Waals surface area (Å²) in [5, 5.41) is 6.81. The van der Waals surface area contributed by atoms with Gasteiger partial charge in [0.25, 0.3) is 5.91 Å². The SMILES string of the molecule is COc1cc(C(=O)N2[C@H]3CC[C@@H]2[C@H](NC(=O)OC(C)(C)C)C3)cc2nc(-c3cc4ccc([C@@H](C)NC(=O)OCCCl)nc4n3CC3CC3)c(C)n12. The van der Waals surface area contributed by atoms with Crippen molar-refractivity contribution in [3.05, 3.63) is 47.3 Å². The molecule has 2 N–H and O–H groups in total. The third-order valence-corrected chi connectivity index (χ3v) is 10.2. The van der Waals surface area contributed by atoms with Gasteiger partial charge in [0.2, 0.25) is 0 Å². The molecular formula is C37H46ClN7O6. The Morgan fingerprint density at radius 3 is 2.55 bits per heavy atom. The van der Waals surface area contributed by atoms with Gasteiger partial charge < -0.3 is 34.3 Å². The van der Waals surface area contributed by atoms with Gasteiger partial charge in [-0.15, -0.1) is 11.6 Å². The number of hydrogen-bond acceptors (Lipinski definition) is 8.